The lowest BCUT2D eigenvalue weighted by Crippen LogP contribution is -2.43. The van der Waals surface area contributed by atoms with Crippen LogP contribution < -0.4 is 17.0 Å². The highest BCUT2D eigenvalue weighted by Gasteiger charge is 2.21. The van der Waals surface area contributed by atoms with Crippen LogP contribution in [0.2, 0.25) is 0 Å². The van der Waals surface area contributed by atoms with E-state index in [1.807, 2.05) is 37.3 Å². The molecule has 29 heavy (non-hydrogen) atoms. The highest BCUT2D eigenvalue weighted by atomic mass is 16.5. The molecule has 2 aromatic heterocycles. The summed E-state index contributed by atoms with van der Waals surface area (Å²) in [6.07, 6.45) is 0.305. The summed E-state index contributed by atoms with van der Waals surface area (Å²) >= 11 is 0. The number of fused-ring (bicyclic) bond motifs is 1. The predicted molar refractivity (Wildman–Crippen MR) is 104 cm³/mol. The zero-order valence-corrected chi connectivity index (χ0v) is 16.1. The van der Waals surface area contributed by atoms with Gasteiger partial charge in [-0.3, -0.25) is 19.0 Å². The van der Waals surface area contributed by atoms with Crippen molar-refractivity contribution in [1.82, 2.24) is 18.7 Å². The van der Waals surface area contributed by atoms with E-state index in [0.717, 1.165) is 10.1 Å². The van der Waals surface area contributed by atoms with Crippen molar-refractivity contribution >= 4 is 23.0 Å². The van der Waals surface area contributed by atoms with Gasteiger partial charge in [-0.25, -0.2) is 14.3 Å². The maximum Gasteiger partial charge on any atom is 0.333 e. The van der Waals surface area contributed by atoms with Crippen LogP contribution in [-0.2, 0) is 34.0 Å². The largest absolute Gasteiger partial charge is 0.451 e. The lowest BCUT2D eigenvalue weighted by atomic mass is 10.2. The highest BCUT2D eigenvalue weighted by molar-refractivity contribution is 5.82. The molecule has 0 aliphatic rings. The van der Waals surface area contributed by atoms with E-state index in [2.05, 4.69) is 4.98 Å². The standard InChI is InChI=1S/C19H21N5O5/c1-3-22-11-21-17-15(22)18(27)24(10-14(25)29-12(2)16(20)26)19(28)23(17)9-13-7-5-4-6-8-13/h4-8,11-12H,3,9-10H2,1-2H3,(H2,20,26)/t12-/m1/s1. The molecule has 0 aliphatic carbocycles. The van der Waals surface area contributed by atoms with E-state index in [9.17, 15) is 19.2 Å². The van der Waals surface area contributed by atoms with Crippen molar-refractivity contribution in [3.05, 3.63) is 63.1 Å². The molecule has 3 rings (SSSR count). The van der Waals surface area contributed by atoms with Crippen molar-refractivity contribution < 1.29 is 14.3 Å². The van der Waals surface area contributed by atoms with Gasteiger partial charge in [-0.2, -0.15) is 0 Å². The maximum absolute atomic E-state index is 13.0. The van der Waals surface area contributed by atoms with Gasteiger partial charge in [0.1, 0.15) is 6.54 Å². The quantitative estimate of drug-likeness (QED) is 0.550. The first-order valence-electron chi connectivity index (χ1n) is 9.04. The Morgan fingerprint density at radius 3 is 2.48 bits per heavy atom. The van der Waals surface area contributed by atoms with Gasteiger partial charge in [-0.05, 0) is 19.4 Å². The van der Waals surface area contributed by atoms with Gasteiger partial charge in [-0.15, -0.1) is 0 Å². The van der Waals surface area contributed by atoms with Crippen LogP contribution in [0.4, 0.5) is 0 Å². The number of ether oxygens (including phenoxy) is 1. The first-order chi connectivity index (χ1) is 13.8. The molecule has 2 N–H and O–H groups in total. The molecule has 1 aromatic carbocycles. The van der Waals surface area contributed by atoms with Crippen molar-refractivity contribution in [3.63, 3.8) is 0 Å². The van der Waals surface area contributed by atoms with E-state index in [-0.39, 0.29) is 17.7 Å². The lowest BCUT2D eigenvalue weighted by Gasteiger charge is -2.13. The lowest BCUT2D eigenvalue weighted by molar-refractivity contribution is -0.154. The van der Waals surface area contributed by atoms with Crippen molar-refractivity contribution in [2.24, 2.45) is 5.73 Å². The van der Waals surface area contributed by atoms with Gasteiger partial charge in [0.25, 0.3) is 11.5 Å². The topological polar surface area (TPSA) is 131 Å². The van der Waals surface area contributed by atoms with E-state index in [0.29, 0.717) is 6.54 Å². The van der Waals surface area contributed by atoms with Crippen LogP contribution >= 0.6 is 0 Å². The fraction of sp³-hybridized carbons (Fsp3) is 0.316. The monoisotopic (exact) mass is 399 g/mol. The highest BCUT2D eigenvalue weighted by Crippen LogP contribution is 2.09. The SMILES string of the molecule is CCn1cnc2c1c(=O)n(CC(=O)O[C@H](C)C(N)=O)c(=O)n2Cc1ccccc1. The van der Waals surface area contributed by atoms with E-state index in [1.54, 1.807) is 4.57 Å². The minimum Gasteiger partial charge on any atom is -0.451 e. The summed E-state index contributed by atoms with van der Waals surface area (Å²) in [6.45, 7) is 3.13. The smallest absolute Gasteiger partial charge is 0.333 e. The minimum atomic E-state index is -1.17. The molecular weight excluding hydrogens is 378 g/mol. The summed E-state index contributed by atoms with van der Waals surface area (Å²) in [5, 5.41) is 0. The van der Waals surface area contributed by atoms with Gasteiger partial charge in [0.2, 0.25) is 0 Å². The molecule has 0 bridgehead atoms. The molecule has 0 unspecified atom stereocenters. The number of rotatable bonds is 7. The minimum absolute atomic E-state index is 0.171. The second-order valence-corrected chi connectivity index (χ2v) is 6.48. The normalized spacial score (nSPS) is 12.1. The second-order valence-electron chi connectivity index (χ2n) is 6.48. The van der Waals surface area contributed by atoms with Crippen LogP contribution in [0.15, 0.2) is 46.2 Å². The summed E-state index contributed by atoms with van der Waals surface area (Å²) in [5.74, 6) is -1.74. The molecule has 152 valence electrons. The Balaban J connectivity index is 2.12. The molecule has 1 amide bonds. The number of primary amides is 1. The number of imidazole rings is 1. The molecule has 1 atom stereocenters. The number of hydrogen-bond donors (Lipinski definition) is 1. The fourth-order valence-corrected chi connectivity index (χ4v) is 2.95. The third-order valence-corrected chi connectivity index (χ3v) is 4.50. The van der Waals surface area contributed by atoms with E-state index >= 15 is 0 Å². The molecule has 10 nitrogen and oxygen atoms in total. The molecule has 0 radical (unpaired) electrons. The van der Waals surface area contributed by atoms with Gasteiger partial charge in [0.15, 0.2) is 17.3 Å². The summed E-state index contributed by atoms with van der Waals surface area (Å²) in [4.78, 5) is 53.5. The average Bonchev–Trinajstić information content (AvgIpc) is 3.13. The molecule has 0 saturated heterocycles. The molecule has 0 fully saturated rings. The van der Waals surface area contributed by atoms with Gasteiger partial charge in [0.05, 0.1) is 12.9 Å². The van der Waals surface area contributed by atoms with Crippen LogP contribution in [-0.4, -0.2) is 36.7 Å². The first kappa shape index (κ1) is 20.1. The zero-order chi connectivity index (χ0) is 21.1. The number of carbonyl (C=O) groups is 2. The Morgan fingerprint density at radius 2 is 1.86 bits per heavy atom. The molecule has 10 heteroatoms. The predicted octanol–water partition coefficient (Wildman–Crippen LogP) is -0.155. The van der Waals surface area contributed by atoms with Crippen LogP contribution in [0.1, 0.15) is 19.4 Å². The summed E-state index contributed by atoms with van der Waals surface area (Å²) in [7, 11) is 0. The number of amides is 1. The van der Waals surface area contributed by atoms with Crippen molar-refractivity contribution in [2.45, 2.75) is 39.6 Å². The number of nitrogens with zero attached hydrogens (tertiary/aromatic N) is 4. The van der Waals surface area contributed by atoms with Crippen LogP contribution in [0, 0.1) is 0 Å². The molecule has 0 saturated carbocycles. The molecule has 3 aromatic rings. The second kappa shape index (κ2) is 8.13. The maximum atomic E-state index is 13.0. The van der Waals surface area contributed by atoms with E-state index in [4.69, 9.17) is 10.5 Å². The summed E-state index contributed by atoms with van der Waals surface area (Å²) in [6, 6.07) is 9.20. The summed E-state index contributed by atoms with van der Waals surface area (Å²) < 4.78 is 8.62. The van der Waals surface area contributed by atoms with E-state index < -0.39 is 35.8 Å². The Hall–Kier alpha value is -3.69. The van der Waals surface area contributed by atoms with Crippen LogP contribution in [0.3, 0.4) is 0 Å². The number of aromatic nitrogens is 4. The molecule has 2 heterocycles. The third kappa shape index (κ3) is 3.96. The Bertz CT molecular complexity index is 1180. The molecule has 0 aliphatic heterocycles. The Labute approximate surface area is 165 Å². The number of nitrogens with two attached hydrogens (primary N) is 1. The first-order valence-corrected chi connectivity index (χ1v) is 9.04. The zero-order valence-electron chi connectivity index (χ0n) is 16.1. The molecule has 0 spiro atoms. The number of carbonyl (C=O) groups excluding carboxylic acids is 2. The van der Waals surface area contributed by atoms with Gasteiger partial charge < -0.3 is 15.0 Å². The third-order valence-electron chi connectivity index (χ3n) is 4.50. The average molecular weight is 399 g/mol. The van der Waals surface area contributed by atoms with Crippen molar-refractivity contribution in [1.29, 1.82) is 0 Å². The van der Waals surface area contributed by atoms with E-state index in [1.165, 1.54) is 17.8 Å². The Morgan fingerprint density at radius 1 is 1.17 bits per heavy atom. The van der Waals surface area contributed by atoms with Crippen molar-refractivity contribution in [2.75, 3.05) is 0 Å². The fourth-order valence-electron chi connectivity index (χ4n) is 2.95. The summed E-state index contributed by atoms with van der Waals surface area (Å²) in [5.41, 5.74) is 5.01. The van der Waals surface area contributed by atoms with Crippen LogP contribution in [0.5, 0.6) is 0 Å². The Kier molecular flexibility index (Phi) is 5.62. The molecular formula is C19H21N5O5. The number of benzene rings is 1. The van der Waals surface area contributed by atoms with Gasteiger partial charge in [0, 0.05) is 6.54 Å². The van der Waals surface area contributed by atoms with Gasteiger partial charge >= 0.3 is 11.7 Å². The number of hydrogen-bond acceptors (Lipinski definition) is 6. The van der Waals surface area contributed by atoms with Gasteiger partial charge in [-0.1, -0.05) is 30.3 Å². The van der Waals surface area contributed by atoms with Crippen LogP contribution in [0.25, 0.3) is 11.2 Å². The number of esters is 1. The number of aryl methyl sites for hydroxylation is 1. The van der Waals surface area contributed by atoms with Crippen molar-refractivity contribution in [3.8, 4) is 0 Å².